The lowest BCUT2D eigenvalue weighted by Gasteiger charge is -2.30. The largest absolute Gasteiger partial charge is 0.381 e. The molecule has 2 rings (SSSR count). The van der Waals surface area contributed by atoms with Gasteiger partial charge in [-0.1, -0.05) is 12.1 Å². The third kappa shape index (κ3) is 3.13. The zero-order chi connectivity index (χ0) is 13.8. The summed E-state index contributed by atoms with van der Waals surface area (Å²) in [5, 5.41) is 0. The minimum Gasteiger partial charge on any atom is -0.381 e. The Hall–Kier alpha value is -1.42. The number of halogens is 1. The third-order valence-electron chi connectivity index (χ3n) is 3.72. The lowest BCUT2D eigenvalue weighted by molar-refractivity contribution is -0.137. The number of hydrogen-bond donors (Lipinski definition) is 0. The fourth-order valence-electron chi connectivity index (χ4n) is 2.51. The van der Waals surface area contributed by atoms with Crippen molar-refractivity contribution in [2.45, 2.75) is 26.3 Å². The van der Waals surface area contributed by atoms with E-state index in [0.29, 0.717) is 19.8 Å². The zero-order valence-corrected chi connectivity index (χ0v) is 11.4. The van der Waals surface area contributed by atoms with Crippen molar-refractivity contribution in [3.05, 3.63) is 35.6 Å². The van der Waals surface area contributed by atoms with Crippen LogP contribution in [0.2, 0.25) is 0 Å². The van der Waals surface area contributed by atoms with Gasteiger partial charge in [0.05, 0.1) is 18.6 Å². The summed E-state index contributed by atoms with van der Waals surface area (Å²) in [6.45, 7) is 5.77. The van der Waals surface area contributed by atoms with Crippen molar-refractivity contribution >= 4 is 5.91 Å². The summed E-state index contributed by atoms with van der Waals surface area (Å²) in [5.41, 5.74) is 0.954. The minimum atomic E-state index is -0.255. The van der Waals surface area contributed by atoms with Gasteiger partial charge in [0.15, 0.2) is 0 Å². The lowest BCUT2D eigenvalue weighted by Crippen LogP contribution is -2.38. The summed E-state index contributed by atoms with van der Waals surface area (Å²) in [5.74, 6) is -0.144. The van der Waals surface area contributed by atoms with E-state index < -0.39 is 0 Å². The molecule has 4 heteroatoms. The Morgan fingerprint density at radius 1 is 1.47 bits per heavy atom. The highest BCUT2D eigenvalue weighted by atomic mass is 19.1. The summed E-state index contributed by atoms with van der Waals surface area (Å²) in [7, 11) is 0. The van der Waals surface area contributed by atoms with Gasteiger partial charge in [-0.3, -0.25) is 4.79 Å². The molecule has 1 amide bonds. The molecule has 1 aliphatic rings. The van der Waals surface area contributed by atoms with E-state index >= 15 is 0 Å². The van der Waals surface area contributed by atoms with Crippen LogP contribution in [0.25, 0.3) is 0 Å². The highest BCUT2D eigenvalue weighted by Crippen LogP contribution is 2.24. The molecule has 0 N–H and O–H groups in total. The van der Waals surface area contributed by atoms with E-state index in [-0.39, 0.29) is 23.7 Å². The van der Waals surface area contributed by atoms with Crippen molar-refractivity contribution in [1.82, 2.24) is 4.90 Å². The quantitative estimate of drug-likeness (QED) is 0.837. The normalized spacial score (nSPS) is 20.3. The first-order valence-electron chi connectivity index (χ1n) is 6.77. The van der Waals surface area contributed by atoms with Gasteiger partial charge in [-0.15, -0.1) is 0 Å². The fourth-order valence-corrected chi connectivity index (χ4v) is 2.51. The van der Waals surface area contributed by atoms with Crippen molar-refractivity contribution in [3.63, 3.8) is 0 Å². The van der Waals surface area contributed by atoms with E-state index in [1.807, 2.05) is 18.7 Å². The highest BCUT2D eigenvalue weighted by Gasteiger charge is 2.30. The van der Waals surface area contributed by atoms with Crippen LogP contribution < -0.4 is 0 Å². The second-order valence-corrected chi connectivity index (χ2v) is 4.91. The van der Waals surface area contributed by atoms with Crippen LogP contribution in [0.4, 0.5) is 4.39 Å². The maximum atomic E-state index is 12.9. The number of carbonyl (C=O) groups is 1. The summed E-state index contributed by atoms with van der Waals surface area (Å²) in [6, 6.07) is 6.30. The van der Waals surface area contributed by atoms with Crippen LogP contribution in [0.3, 0.4) is 0 Å². The van der Waals surface area contributed by atoms with Gasteiger partial charge >= 0.3 is 0 Å². The molecule has 0 bridgehead atoms. The van der Waals surface area contributed by atoms with Crippen LogP contribution >= 0.6 is 0 Å². The molecule has 1 aromatic rings. The summed E-state index contributed by atoms with van der Waals surface area (Å²) in [4.78, 5) is 14.3. The minimum absolute atomic E-state index is 0.0251. The molecule has 1 saturated heterocycles. The molecule has 19 heavy (non-hydrogen) atoms. The predicted molar refractivity (Wildman–Crippen MR) is 71.1 cm³/mol. The van der Waals surface area contributed by atoms with Gasteiger partial charge in [-0.05, 0) is 38.0 Å². The van der Waals surface area contributed by atoms with E-state index in [4.69, 9.17) is 4.74 Å². The molecule has 1 aliphatic heterocycles. The first-order chi connectivity index (χ1) is 9.13. The van der Waals surface area contributed by atoms with Crippen LogP contribution in [-0.2, 0) is 9.53 Å². The number of rotatable bonds is 4. The highest BCUT2D eigenvalue weighted by molar-refractivity contribution is 5.79. The second kappa shape index (κ2) is 6.15. The van der Waals surface area contributed by atoms with Crippen LogP contribution in [0.15, 0.2) is 24.3 Å². The lowest BCUT2D eigenvalue weighted by atomic mass is 10.0. The maximum Gasteiger partial charge on any atom is 0.228 e. The molecule has 1 heterocycles. The predicted octanol–water partition coefficient (Wildman–Crippen LogP) is 2.77. The van der Waals surface area contributed by atoms with Crippen molar-refractivity contribution in [2.75, 3.05) is 19.8 Å². The van der Waals surface area contributed by atoms with E-state index in [1.54, 1.807) is 12.1 Å². The Balaban J connectivity index is 2.11. The van der Waals surface area contributed by atoms with Gasteiger partial charge in [-0.25, -0.2) is 4.39 Å². The first kappa shape index (κ1) is 14.0. The number of carbonyl (C=O) groups excluding carboxylic acids is 1. The Morgan fingerprint density at radius 3 is 2.68 bits per heavy atom. The SMILES string of the molecule is CCN(C(=O)C1CCOC1)C(C)c1ccc(F)cc1. The van der Waals surface area contributed by atoms with Crippen molar-refractivity contribution in [2.24, 2.45) is 5.92 Å². The number of ether oxygens (including phenoxy) is 1. The molecule has 0 aliphatic carbocycles. The molecule has 0 radical (unpaired) electrons. The van der Waals surface area contributed by atoms with Crippen molar-refractivity contribution < 1.29 is 13.9 Å². The molecule has 1 fully saturated rings. The number of benzene rings is 1. The molecule has 3 nitrogen and oxygen atoms in total. The molecular weight excluding hydrogens is 245 g/mol. The molecule has 0 aromatic heterocycles. The van der Waals surface area contributed by atoms with Gasteiger partial charge in [0.1, 0.15) is 5.82 Å². The van der Waals surface area contributed by atoms with Gasteiger partial charge in [0, 0.05) is 13.2 Å². The molecule has 104 valence electrons. The molecule has 0 spiro atoms. The van der Waals surface area contributed by atoms with Crippen LogP contribution in [0.1, 0.15) is 31.9 Å². The van der Waals surface area contributed by atoms with Crippen LogP contribution in [0, 0.1) is 11.7 Å². The molecule has 2 unspecified atom stereocenters. The summed E-state index contributed by atoms with van der Waals surface area (Å²) < 4.78 is 18.2. The smallest absolute Gasteiger partial charge is 0.228 e. The standard InChI is InChI=1S/C15H20FNO2/c1-3-17(15(18)13-8-9-19-10-13)11(2)12-4-6-14(16)7-5-12/h4-7,11,13H,3,8-10H2,1-2H3. The van der Waals surface area contributed by atoms with E-state index in [2.05, 4.69) is 0 Å². The fraction of sp³-hybridized carbons (Fsp3) is 0.533. The van der Waals surface area contributed by atoms with Crippen LogP contribution in [0.5, 0.6) is 0 Å². The summed E-state index contributed by atoms with van der Waals surface area (Å²) >= 11 is 0. The van der Waals surface area contributed by atoms with Crippen LogP contribution in [-0.4, -0.2) is 30.6 Å². The Morgan fingerprint density at radius 2 is 2.16 bits per heavy atom. The molecule has 0 saturated carbocycles. The summed E-state index contributed by atoms with van der Waals surface area (Å²) in [6.07, 6.45) is 0.797. The first-order valence-corrected chi connectivity index (χ1v) is 6.77. The molecule has 2 atom stereocenters. The average molecular weight is 265 g/mol. The number of hydrogen-bond acceptors (Lipinski definition) is 2. The van der Waals surface area contributed by atoms with Crippen molar-refractivity contribution in [3.8, 4) is 0 Å². The average Bonchev–Trinajstić information content (AvgIpc) is 2.94. The zero-order valence-electron chi connectivity index (χ0n) is 11.4. The van der Waals surface area contributed by atoms with E-state index in [9.17, 15) is 9.18 Å². The topological polar surface area (TPSA) is 29.5 Å². The molecule has 1 aromatic carbocycles. The van der Waals surface area contributed by atoms with Gasteiger partial charge in [0.25, 0.3) is 0 Å². The van der Waals surface area contributed by atoms with Gasteiger partial charge < -0.3 is 9.64 Å². The van der Waals surface area contributed by atoms with E-state index in [1.165, 1.54) is 12.1 Å². The van der Waals surface area contributed by atoms with Gasteiger partial charge in [-0.2, -0.15) is 0 Å². The van der Waals surface area contributed by atoms with Crippen molar-refractivity contribution in [1.29, 1.82) is 0 Å². The Kier molecular flexibility index (Phi) is 4.53. The Labute approximate surface area is 113 Å². The number of nitrogens with zero attached hydrogens (tertiary/aromatic N) is 1. The second-order valence-electron chi connectivity index (χ2n) is 4.91. The Bertz CT molecular complexity index is 426. The third-order valence-corrected chi connectivity index (χ3v) is 3.72. The maximum absolute atomic E-state index is 12.9. The van der Waals surface area contributed by atoms with Gasteiger partial charge in [0.2, 0.25) is 5.91 Å². The number of amides is 1. The molecular formula is C15H20FNO2. The monoisotopic (exact) mass is 265 g/mol. The van der Waals surface area contributed by atoms with E-state index in [0.717, 1.165) is 12.0 Å².